The van der Waals surface area contributed by atoms with E-state index in [9.17, 15) is 0 Å². The van der Waals surface area contributed by atoms with Crippen LogP contribution in [0.2, 0.25) is 0 Å². The lowest BCUT2D eigenvalue weighted by molar-refractivity contribution is 0.424. The lowest BCUT2D eigenvalue weighted by Crippen LogP contribution is -2.35. The number of anilines is 1. The van der Waals surface area contributed by atoms with E-state index in [1.54, 1.807) is 0 Å². The number of benzene rings is 1. The third kappa shape index (κ3) is 3.97. The number of hydrogen-bond donors (Lipinski definition) is 1. The number of hydrogen-bond acceptors (Lipinski definition) is 2. The van der Waals surface area contributed by atoms with Gasteiger partial charge in [0.15, 0.2) is 0 Å². The minimum Gasteiger partial charge on any atom is -0.369 e. The average Bonchev–Trinajstić information content (AvgIpc) is 3.13. The molecule has 1 saturated carbocycles. The van der Waals surface area contributed by atoms with E-state index in [0.717, 1.165) is 19.1 Å². The van der Waals surface area contributed by atoms with Crippen molar-refractivity contribution in [3.05, 3.63) is 29.3 Å². The molecule has 0 amide bonds. The molecule has 0 heterocycles. The Balaban J connectivity index is 2.08. The van der Waals surface area contributed by atoms with Crippen LogP contribution >= 0.6 is 0 Å². The molecule has 2 rings (SSSR count). The molecule has 0 unspecified atom stereocenters. The summed E-state index contributed by atoms with van der Waals surface area (Å²) in [5, 5.41) is 3.55. The van der Waals surface area contributed by atoms with Crippen molar-refractivity contribution in [3.8, 4) is 0 Å². The van der Waals surface area contributed by atoms with Gasteiger partial charge in [0.25, 0.3) is 0 Å². The van der Waals surface area contributed by atoms with Gasteiger partial charge < -0.3 is 10.2 Å². The van der Waals surface area contributed by atoms with Crippen molar-refractivity contribution in [1.29, 1.82) is 0 Å². The molecule has 19 heavy (non-hydrogen) atoms. The molecular weight excluding hydrogens is 232 g/mol. The Labute approximate surface area is 118 Å². The lowest BCUT2D eigenvalue weighted by atomic mass is 10.1. The highest BCUT2D eigenvalue weighted by molar-refractivity contribution is 5.56. The van der Waals surface area contributed by atoms with E-state index in [4.69, 9.17) is 0 Å². The van der Waals surface area contributed by atoms with E-state index < -0.39 is 0 Å². The molecule has 1 aromatic rings. The molecule has 1 aliphatic carbocycles. The number of nitrogens with zero attached hydrogens (tertiary/aromatic N) is 1. The van der Waals surface area contributed by atoms with Gasteiger partial charge in [0.1, 0.15) is 0 Å². The van der Waals surface area contributed by atoms with Gasteiger partial charge >= 0.3 is 0 Å². The van der Waals surface area contributed by atoms with Crippen LogP contribution < -0.4 is 10.2 Å². The SMILES string of the molecule is CCN(c1ccc(CNC(C)(C)C)cc1C)C1CC1. The number of nitrogens with one attached hydrogen (secondary N) is 1. The Kier molecular flexibility index (Phi) is 4.19. The maximum Gasteiger partial charge on any atom is 0.0398 e. The van der Waals surface area contributed by atoms with Crippen LogP contribution in [-0.2, 0) is 6.54 Å². The molecule has 1 fully saturated rings. The molecule has 1 N–H and O–H groups in total. The molecule has 0 spiro atoms. The summed E-state index contributed by atoms with van der Waals surface area (Å²) in [4.78, 5) is 2.55. The Hall–Kier alpha value is -1.02. The molecule has 2 heteroatoms. The molecule has 0 aliphatic heterocycles. The zero-order valence-electron chi connectivity index (χ0n) is 13.1. The van der Waals surface area contributed by atoms with Crippen LogP contribution in [0, 0.1) is 6.92 Å². The zero-order chi connectivity index (χ0) is 14.0. The summed E-state index contributed by atoms with van der Waals surface area (Å²) in [6.45, 7) is 13.2. The molecule has 0 saturated heterocycles. The fourth-order valence-electron chi connectivity index (χ4n) is 2.53. The third-order valence-corrected chi connectivity index (χ3v) is 3.72. The van der Waals surface area contributed by atoms with Gasteiger partial charge in [-0.05, 0) is 64.7 Å². The molecule has 1 aromatic carbocycles. The van der Waals surface area contributed by atoms with E-state index in [1.165, 1.54) is 29.7 Å². The minimum absolute atomic E-state index is 0.177. The quantitative estimate of drug-likeness (QED) is 0.864. The van der Waals surface area contributed by atoms with Gasteiger partial charge in [-0.15, -0.1) is 0 Å². The first-order valence-electron chi connectivity index (χ1n) is 7.52. The first-order chi connectivity index (χ1) is 8.90. The second kappa shape index (κ2) is 5.54. The molecule has 106 valence electrons. The molecule has 0 radical (unpaired) electrons. The van der Waals surface area contributed by atoms with Crippen molar-refractivity contribution in [3.63, 3.8) is 0 Å². The molecular formula is C17H28N2. The molecule has 0 aromatic heterocycles. The van der Waals surface area contributed by atoms with Crippen LogP contribution in [0.5, 0.6) is 0 Å². The summed E-state index contributed by atoms with van der Waals surface area (Å²) >= 11 is 0. The predicted octanol–water partition coefficient (Wildman–Crippen LogP) is 3.87. The third-order valence-electron chi connectivity index (χ3n) is 3.72. The molecule has 0 bridgehead atoms. The summed E-state index contributed by atoms with van der Waals surface area (Å²) in [7, 11) is 0. The second-order valence-corrected chi connectivity index (χ2v) is 6.74. The van der Waals surface area contributed by atoms with E-state index in [2.05, 4.69) is 63.0 Å². The van der Waals surface area contributed by atoms with E-state index >= 15 is 0 Å². The minimum atomic E-state index is 0.177. The van der Waals surface area contributed by atoms with E-state index in [0.29, 0.717) is 0 Å². The lowest BCUT2D eigenvalue weighted by Gasteiger charge is -2.26. The van der Waals surface area contributed by atoms with Gasteiger partial charge in [-0.1, -0.05) is 12.1 Å². The van der Waals surface area contributed by atoms with Crippen molar-refractivity contribution in [2.45, 2.75) is 65.6 Å². The normalized spacial score (nSPS) is 15.6. The van der Waals surface area contributed by atoms with Gasteiger partial charge in [-0.25, -0.2) is 0 Å². The Morgan fingerprint density at radius 3 is 2.42 bits per heavy atom. The summed E-state index contributed by atoms with van der Waals surface area (Å²) in [6, 6.07) is 7.70. The first-order valence-corrected chi connectivity index (χ1v) is 7.52. The van der Waals surface area contributed by atoms with Crippen molar-refractivity contribution in [1.82, 2.24) is 5.32 Å². The van der Waals surface area contributed by atoms with E-state index in [-0.39, 0.29) is 5.54 Å². The molecule has 2 nitrogen and oxygen atoms in total. The Morgan fingerprint density at radius 2 is 1.95 bits per heavy atom. The number of aryl methyl sites for hydroxylation is 1. The predicted molar refractivity (Wildman–Crippen MR) is 83.8 cm³/mol. The highest BCUT2D eigenvalue weighted by Gasteiger charge is 2.28. The van der Waals surface area contributed by atoms with Gasteiger partial charge in [-0.2, -0.15) is 0 Å². The topological polar surface area (TPSA) is 15.3 Å². The van der Waals surface area contributed by atoms with Crippen molar-refractivity contribution >= 4 is 5.69 Å². The Morgan fingerprint density at radius 1 is 1.26 bits per heavy atom. The van der Waals surface area contributed by atoms with Gasteiger partial charge in [0, 0.05) is 30.4 Å². The average molecular weight is 260 g/mol. The van der Waals surface area contributed by atoms with Crippen LogP contribution in [0.3, 0.4) is 0 Å². The van der Waals surface area contributed by atoms with Crippen LogP contribution in [0.15, 0.2) is 18.2 Å². The van der Waals surface area contributed by atoms with Gasteiger partial charge in [-0.3, -0.25) is 0 Å². The maximum atomic E-state index is 3.55. The van der Waals surface area contributed by atoms with Crippen LogP contribution in [0.1, 0.15) is 51.7 Å². The van der Waals surface area contributed by atoms with Crippen LogP contribution in [0.4, 0.5) is 5.69 Å². The second-order valence-electron chi connectivity index (χ2n) is 6.74. The summed E-state index contributed by atoms with van der Waals surface area (Å²) < 4.78 is 0. The maximum absolute atomic E-state index is 3.55. The fraction of sp³-hybridized carbons (Fsp3) is 0.647. The smallest absolute Gasteiger partial charge is 0.0398 e. The zero-order valence-corrected chi connectivity index (χ0v) is 13.1. The first kappa shape index (κ1) is 14.4. The monoisotopic (exact) mass is 260 g/mol. The van der Waals surface area contributed by atoms with Crippen molar-refractivity contribution < 1.29 is 0 Å². The summed E-state index contributed by atoms with van der Waals surface area (Å²) in [5.41, 5.74) is 4.38. The summed E-state index contributed by atoms with van der Waals surface area (Å²) in [5.74, 6) is 0. The van der Waals surface area contributed by atoms with Crippen LogP contribution in [0.25, 0.3) is 0 Å². The molecule has 1 aliphatic rings. The van der Waals surface area contributed by atoms with Gasteiger partial charge in [0.2, 0.25) is 0 Å². The fourth-order valence-corrected chi connectivity index (χ4v) is 2.53. The van der Waals surface area contributed by atoms with E-state index in [1.807, 2.05) is 0 Å². The Bertz CT molecular complexity index is 427. The standard InChI is InChI=1S/C17H28N2/c1-6-19(15-8-9-15)16-10-7-14(11-13(16)2)12-18-17(3,4)5/h7,10-11,15,18H,6,8-9,12H2,1-5H3. The largest absolute Gasteiger partial charge is 0.369 e. The van der Waals surface area contributed by atoms with Crippen molar-refractivity contribution in [2.75, 3.05) is 11.4 Å². The molecule has 0 atom stereocenters. The van der Waals surface area contributed by atoms with Crippen molar-refractivity contribution in [2.24, 2.45) is 0 Å². The summed E-state index contributed by atoms with van der Waals surface area (Å²) in [6.07, 6.45) is 2.72. The van der Waals surface area contributed by atoms with Gasteiger partial charge in [0.05, 0.1) is 0 Å². The highest BCUT2D eigenvalue weighted by Crippen LogP contribution is 2.33. The number of rotatable bonds is 5. The van der Waals surface area contributed by atoms with Crippen LogP contribution in [-0.4, -0.2) is 18.1 Å². The highest BCUT2D eigenvalue weighted by atomic mass is 15.2.